The number of nitrogens with one attached hydrogen (secondary N) is 1. The van der Waals surface area contributed by atoms with Gasteiger partial charge in [-0.3, -0.25) is 4.79 Å². The molecule has 1 aromatic carbocycles. The Bertz CT molecular complexity index is 524. The van der Waals surface area contributed by atoms with Crippen LogP contribution in [0, 0.1) is 0 Å². The molecule has 0 spiro atoms. The maximum atomic E-state index is 12.0. The van der Waals surface area contributed by atoms with Crippen molar-refractivity contribution in [2.24, 2.45) is 0 Å². The van der Waals surface area contributed by atoms with E-state index in [-0.39, 0.29) is 17.9 Å². The molecule has 1 fully saturated rings. The summed E-state index contributed by atoms with van der Waals surface area (Å²) in [6.45, 7) is 6.16. The number of hydrogen-bond acceptors (Lipinski definition) is 4. The highest BCUT2D eigenvalue weighted by Crippen LogP contribution is 2.30. The quantitative estimate of drug-likeness (QED) is 0.785. The molecule has 1 amide bonds. The summed E-state index contributed by atoms with van der Waals surface area (Å²) in [4.78, 5) is 12.0. The highest BCUT2D eigenvalue weighted by molar-refractivity contribution is 5.78. The Hall–Kier alpha value is -1.59. The highest BCUT2D eigenvalue weighted by Gasteiger charge is 2.34. The number of aliphatic hydroxyl groups is 2. The number of hydrogen-bond donors (Lipinski definition) is 3. The minimum absolute atomic E-state index is 0.0706. The van der Waals surface area contributed by atoms with Crippen LogP contribution in [0.1, 0.15) is 39.2 Å². The Morgan fingerprint density at radius 1 is 1.27 bits per heavy atom. The minimum atomic E-state index is -0.897. The fourth-order valence-electron chi connectivity index (χ4n) is 2.72. The fourth-order valence-corrected chi connectivity index (χ4v) is 2.72. The van der Waals surface area contributed by atoms with Crippen LogP contribution in [0.25, 0.3) is 0 Å². The molecule has 1 saturated carbocycles. The van der Waals surface area contributed by atoms with Crippen LogP contribution in [0.4, 0.5) is 0 Å². The maximum Gasteiger partial charge on any atom is 0.258 e. The molecule has 3 N–H and O–H groups in total. The SMILES string of the molecule is CC(C)(C)c1ccccc1OCC(=O)N[C@@H]1CC[C@@H](O)[C@@H]1O. The Kier molecular flexibility index (Phi) is 5.08. The lowest BCUT2D eigenvalue weighted by Crippen LogP contribution is -2.44. The van der Waals surface area contributed by atoms with Crippen LogP contribution in [-0.2, 0) is 10.2 Å². The molecule has 122 valence electrons. The normalized spacial score (nSPS) is 25.0. The largest absolute Gasteiger partial charge is 0.483 e. The maximum absolute atomic E-state index is 12.0. The number of ether oxygens (including phenoxy) is 1. The second-order valence-electron chi connectivity index (χ2n) is 6.84. The molecule has 5 nitrogen and oxygen atoms in total. The summed E-state index contributed by atoms with van der Waals surface area (Å²) in [6, 6.07) is 7.26. The predicted molar refractivity (Wildman–Crippen MR) is 83.8 cm³/mol. The third-order valence-electron chi connectivity index (χ3n) is 3.98. The van der Waals surface area contributed by atoms with Gasteiger partial charge in [-0.2, -0.15) is 0 Å². The summed E-state index contributed by atoms with van der Waals surface area (Å²) < 4.78 is 5.64. The van der Waals surface area contributed by atoms with Crippen LogP contribution in [0.2, 0.25) is 0 Å². The molecule has 0 aromatic heterocycles. The first kappa shape index (κ1) is 16.8. The van der Waals surface area contributed by atoms with Gasteiger partial charge in [0.15, 0.2) is 6.61 Å². The Morgan fingerprint density at radius 3 is 2.55 bits per heavy atom. The topological polar surface area (TPSA) is 78.8 Å². The van der Waals surface area contributed by atoms with Crippen LogP contribution in [0.15, 0.2) is 24.3 Å². The molecule has 0 radical (unpaired) electrons. The number of benzene rings is 1. The second-order valence-corrected chi connectivity index (χ2v) is 6.84. The molecule has 0 heterocycles. The summed E-state index contributed by atoms with van der Waals surface area (Å²) >= 11 is 0. The van der Waals surface area contributed by atoms with Crippen molar-refractivity contribution in [3.05, 3.63) is 29.8 Å². The summed E-state index contributed by atoms with van der Waals surface area (Å²) in [5.74, 6) is 0.402. The zero-order valence-corrected chi connectivity index (χ0v) is 13.4. The van der Waals surface area contributed by atoms with Gasteiger partial charge in [0.1, 0.15) is 5.75 Å². The van der Waals surface area contributed by atoms with E-state index in [4.69, 9.17) is 4.74 Å². The van der Waals surface area contributed by atoms with Crippen molar-refractivity contribution >= 4 is 5.91 Å². The molecule has 0 aliphatic heterocycles. The van der Waals surface area contributed by atoms with Gasteiger partial charge in [0.25, 0.3) is 5.91 Å². The van der Waals surface area contributed by atoms with Crippen molar-refractivity contribution in [3.63, 3.8) is 0 Å². The van der Waals surface area contributed by atoms with Crippen LogP contribution in [0.3, 0.4) is 0 Å². The van der Waals surface area contributed by atoms with Gasteiger partial charge in [-0.1, -0.05) is 39.0 Å². The van der Waals surface area contributed by atoms with Gasteiger partial charge in [-0.25, -0.2) is 0 Å². The van der Waals surface area contributed by atoms with E-state index >= 15 is 0 Å². The monoisotopic (exact) mass is 307 g/mol. The summed E-state index contributed by atoms with van der Waals surface area (Å²) in [6.07, 6.45) is -0.578. The average molecular weight is 307 g/mol. The number of carbonyl (C=O) groups is 1. The number of carbonyl (C=O) groups excluding carboxylic acids is 1. The van der Waals surface area contributed by atoms with E-state index in [1.165, 1.54) is 0 Å². The zero-order valence-electron chi connectivity index (χ0n) is 13.4. The van der Waals surface area contributed by atoms with Gasteiger partial charge in [-0.15, -0.1) is 0 Å². The van der Waals surface area contributed by atoms with E-state index in [1.807, 2.05) is 24.3 Å². The van der Waals surface area contributed by atoms with Crippen molar-refractivity contribution in [2.75, 3.05) is 6.61 Å². The van der Waals surface area contributed by atoms with E-state index in [1.54, 1.807) is 0 Å². The average Bonchev–Trinajstić information content (AvgIpc) is 2.76. The number of amides is 1. The third-order valence-corrected chi connectivity index (χ3v) is 3.98. The predicted octanol–water partition coefficient (Wildman–Crippen LogP) is 1.36. The smallest absolute Gasteiger partial charge is 0.258 e. The molecular weight excluding hydrogens is 282 g/mol. The number of aliphatic hydroxyl groups excluding tert-OH is 2. The van der Waals surface area contributed by atoms with Gasteiger partial charge in [-0.05, 0) is 29.9 Å². The molecule has 1 aliphatic rings. The first-order valence-corrected chi connectivity index (χ1v) is 7.67. The van der Waals surface area contributed by atoms with Crippen molar-refractivity contribution < 1.29 is 19.7 Å². The van der Waals surface area contributed by atoms with Crippen molar-refractivity contribution in [1.29, 1.82) is 0 Å². The molecule has 5 heteroatoms. The Labute approximate surface area is 131 Å². The first-order valence-electron chi connectivity index (χ1n) is 7.67. The van der Waals surface area contributed by atoms with Gasteiger partial charge in [0.2, 0.25) is 0 Å². The standard InChI is InChI=1S/C17H25NO4/c1-17(2,3)11-6-4-5-7-14(11)22-10-15(20)18-12-8-9-13(19)16(12)21/h4-7,12-13,16,19,21H,8-10H2,1-3H3,(H,18,20)/t12-,13-,16-/m1/s1. The Morgan fingerprint density at radius 2 is 1.95 bits per heavy atom. The summed E-state index contributed by atoms with van der Waals surface area (Å²) in [5, 5.41) is 21.9. The molecular formula is C17H25NO4. The number of rotatable bonds is 4. The molecule has 0 saturated heterocycles. The molecule has 1 aliphatic carbocycles. The van der Waals surface area contributed by atoms with Crippen LogP contribution < -0.4 is 10.1 Å². The van der Waals surface area contributed by atoms with E-state index in [2.05, 4.69) is 26.1 Å². The lowest BCUT2D eigenvalue weighted by Gasteiger charge is -2.23. The van der Waals surface area contributed by atoms with E-state index in [0.29, 0.717) is 18.6 Å². The molecule has 2 rings (SSSR count). The van der Waals surface area contributed by atoms with Crippen molar-refractivity contribution in [3.8, 4) is 5.75 Å². The molecule has 22 heavy (non-hydrogen) atoms. The van der Waals surface area contributed by atoms with Crippen molar-refractivity contribution in [2.45, 2.75) is 57.3 Å². The highest BCUT2D eigenvalue weighted by atomic mass is 16.5. The zero-order chi connectivity index (χ0) is 16.3. The van der Waals surface area contributed by atoms with E-state index in [9.17, 15) is 15.0 Å². The summed E-state index contributed by atoms with van der Waals surface area (Å²) in [5.41, 5.74) is 0.970. The Balaban J connectivity index is 1.92. The molecule has 0 bridgehead atoms. The molecule has 0 unspecified atom stereocenters. The number of para-hydroxylation sites is 1. The lowest BCUT2D eigenvalue weighted by molar-refractivity contribution is -0.124. The van der Waals surface area contributed by atoms with Crippen LogP contribution >= 0.6 is 0 Å². The fraction of sp³-hybridized carbons (Fsp3) is 0.588. The van der Waals surface area contributed by atoms with Crippen molar-refractivity contribution in [1.82, 2.24) is 5.32 Å². The van der Waals surface area contributed by atoms with Gasteiger partial charge in [0.05, 0.1) is 18.2 Å². The third kappa shape index (κ3) is 3.99. The molecule has 3 atom stereocenters. The van der Waals surface area contributed by atoms with Gasteiger partial charge < -0.3 is 20.3 Å². The van der Waals surface area contributed by atoms with Crippen LogP contribution in [-0.4, -0.2) is 41.0 Å². The second kappa shape index (κ2) is 6.67. The van der Waals surface area contributed by atoms with Gasteiger partial charge >= 0.3 is 0 Å². The first-order chi connectivity index (χ1) is 10.3. The van der Waals surface area contributed by atoms with E-state index in [0.717, 1.165) is 5.56 Å². The van der Waals surface area contributed by atoms with Gasteiger partial charge in [0, 0.05) is 0 Å². The van der Waals surface area contributed by atoms with Crippen LogP contribution in [0.5, 0.6) is 5.75 Å². The summed E-state index contributed by atoms with van der Waals surface area (Å²) in [7, 11) is 0. The molecule has 1 aromatic rings. The van der Waals surface area contributed by atoms with E-state index < -0.39 is 18.2 Å². The minimum Gasteiger partial charge on any atom is -0.483 e. The lowest BCUT2D eigenvalue weighted by atomic mass is 9.86.